The molecule has 9 heterocycles. The van der Waals surface area contributed by atoms with E-state index in [4.69, 9.17) is 42.6 Å². The number of benzene rings is 3. The molecule has 3 saturated carbocycles. The Bertz CT molecular complexity index is 5350. The van der Waals surface area contributed by atoms with Gasteiger partial charge in [-0.1, -0.05) is 120 Å². The molecule has 3 aromatic carbocycles. The Labute approximate surface area is 821 Å². The van der Waals surface area contributed by atoms with E-state index in [2.05, 4.69) is 30.9 Å². The summed E-state index contributed by atoms with van der Waals surface area (Å²) in [4.78, 5) is 135. The number of carbonyl (C=O) groups excluding carboxylic acids is 9. The number of halogens is 6. The molecule has 3 saturated heterocycles. The summed E-state index contributed by atoms with van der Waals surface area (Å²) in [6.07, 6.45) is 7.31. The van der Waals surface area contributed by atoms with Gasteiger partial charge in [-0.15, -0.1) is 0 Å². The molecule has 3 N–H and O–H groups in total. The molecule has 6 bridgehead atoms. The second-order valence-electron chi connectivity index (χ2n) is 41.0. The Kier molecular flexibility index (Phi) is 34.4. The monoisotopic (exact) mass is 2000 g/mol. The Morgan fingerprint density at radius 1 is 0.415 bits per heavy atom. The molecule has 6 amide bonds. The molecule has 735 valence electrons. The molecule has 27 nitrogen and oxygen atoms in total. The molecule has 0 spiro atoms. The number of rotatable bonds is 6. The van der Waals surface area contributed by atoms with Crippen LogP contribution in [0.15, 0.2) is 54.6 Å². The minimum Gasteiger partial charge on any atom is -0.540 e. The van der Waals surface area contributed by atoms with Gasteiger partial charge in [0.15, 0.2) is 0 Å². The van der Waals surface area contributed by atoms with Crippen LogP contribution >= 0.6 is 0 Å². The average molecular weight is 2000 g/mol. The summed E-state index contributed by atoms with van der Waals surface area (Å²) in [5.74, 6) is -12.0. The third-order valence-electron chi connectivity index (χ3n) is 28.4. The van der Waals surface area contributed by atoms with Gasteiger partial charge in [-0.3, -0.25) is 14.4 Å². The van der Waals surface area contributed by atoms with Gasteiger partial charge in [0.1, 0.15) is 71.5 Å². The summed E-state index contributed by atoms with van der Waals surface area (Å²) in [6, 6.07) is 9.16. The van der Waals surface area contributed by atoms with Gasteiger partial charge in [0.25, 0.3) is 17.8 Å². The van der Waals surface area contributed by atoms with Crippen molar-refractivity contribution in [1.29, 1.82) is 0 Å². The topological polar surface area (TPSA) is 321 Å². The fourth-order valence-electron chi connectivity index (χ4n) is 20.1. The number of fused-ring (bicyclic) bond motifs is 15. The molecule has 0 unspecified atom stereocenters. The van der Waals surface area contributed by atoms with Crippen molar-refractivity contribution in [2.45, 2.75) is 310 Å². The number of nitrogens with one attached hydrogen (secondary N) is 3. The van der Waals surface area contributed by atoms with E-state index in [1.807, 2.05) is 46.6 Å². The van der Waals surface area contributed by atoms with Gasteiger partial charge in [0, 0.05) is 115 Å². The zero-order chi connectivity index (χ0) is 96.1. The van der Waals surface area contributed by atoms with E-state index in [0.717, 1.165) is 12.8 Å². The minimum absolute atomic E-state index is 0. The number of hydrogen-bond donors (Lipinski definition) is 3. The van der Waals surface area contributed by atoms with Crippen LogP contribution in [0.2, 0.25) is 0 Å². The third-order valence-corrected chi connectivity index (χ3v) is 28.4. The minimum atomic E-state index is -3.26. The summed E-state index contributed by atoms with van der Waals surface area (Å²) in [7, 11) is 4.54. The van der Waals surface area contributed by atoms with Crippen molar-refractivity contribution >= 4 is 87.6 Å². The molecule has 36 heteroatoms. The molecule has 3 aliphatic carbocycles. The van der Waals surface area contributed by atoms with Crippen LogP contribution in [-0.4, -0.2) is 198 Å². The number of hydrogen-bond acceptors (Lipinski definition) is 21. The Morgan fingerprint density at radius 3 is 1.05 bits per heavy atom. The van der Waals surface area contributed by atoms with E-state index in [1.54, 1.807) is 138 Å². The number of pyridine rings is 3. The van der Waals surface area contributed by atoms with E-state index in [9.17, 15) is 43.2 Å². The van der Waals surface area contributed by atoms with E-state index < -0.39 is 167 Å². The Morgan fingerprint density at radius 2 is 0.726 bits per heavy atom. The van der Waals surface area contributed by atoms with Gasteiger partial charge in [-0.05, 0) is 197 Å². The second-order valence-corrected chi connectivity index (χ2v) is 41.0. The summed E-state index contributed by atoms with van der Waals surface area (Å²) in [5, 5.41) is 9.94. The van der Waals surface area contributed by atoms with E-state index in [0.29, 0.717) is 124 Å². The van der Waals surface area contributed by atoms with Crippen molar-refractivity contribution < 1.29 is 168 Å². The molecular formula is C99H126F6N9O18V3-3. The first kappa shape index (κ1) is 108. The molecule has 6 fully saturated rings. The zero-order valence-electron chi connectivity index (χ0n) is 80.3. The van der Waals surface area contributed by atoms with Crippen LogP contribution < -0.4 is 44.4 Å². The maximum absolute atomic E-state index is 16.3. The standard InChI is InChI=1S/C34H44F2N3O6.C33H42F2N3O6.C32H40F2N3O6.3V/c1-19-23-14-13-22(43-6)16-24(23)37-30-28(19)34(35,36)15-8-7-10-21-11-9-12-26(21)45-32(42)38-29(33(3,4)5)31(41)39-17-27(44-30)20(2)25(39)18-40;1-18-22-12-11-21(42-7)14-23(22)36-28-26(18)33(34,35)13-9-8-10-20-15-32(20,6)44-30(41)37-27(31(3,4)5)29(40)38-16-25(43-28)19(2)24(38)17-39;1-17-21-11-10-20(41-6)14-22(21)35-28-26(17)32(33,34)12-8-7-9-19-13-24(19)43-30(40)36-27(31(3,4)5)29(39)37-15-25(42-28)18(2)23(37)16-38;;;/h13-14,16,20-21,25-27,29H,7-12,15,17H2,1-6H3,(H,38,42);11-12,14,19-20,24-25,27H,8-10,13,15-16H2,1-7H3,(H,37,41);10-11,14,18-19,23-25,27H,7-9,12-13,15H2,1-6H3,(H,36,40);;;/q3*-1;;;/t20-,21+,25+,26+,27-,29+;19-,20+,24+,25-,27+,32+;18-,19+,23+,24+,25-,27+;;;/m000.../s1. The second kappa shape index (κ2) is 42.9. The summed E-state index contributed by atoms with van der Waals surface area (Å²) in [6.45, 7) is 28.0. The van der Waals surface area contributed by atoms with Crippen molar-refractivity contribution in [1.82, 2.24) is 45.6 Å². The molecule has 135 heavy (non-hydrogen) atoms. The van der Waals surface area contributed by atoms with Crippen LogP contribution in [-0.2, 0) is 116 Å². The van der Waals surface area contributed by atoms with Crippen LogP contribution in [0.1, 0.15) is 233 Å². The number of carbonyl (C=O) groups is 6. The predicted molar refractivity (Wildman–Crippen MR) is 479 cm³/mol. The summed E-state index contributed by atoms with van der Waals surface area (Å²) >= 11 is 0. The number of aryl methyl sites for hydroxylation is 3. The normalized spacial score (nSPS) is 29.4. The van der Waals surface area contributed by atoms with Crippen LogP contribution in [0.5, 0.6) is 34.9 Å². The van der Waals surface area contributed by atoms with E-state index >= 15 is 26.3 Å². The number of ether oxygens (including phenoxy) is 9. The average Bonchev–Trinajstić information content (AvgIpc) is 1.72. The molecule has 3 aromatic heterocycles. The van der Waals surface area contributed by atoms with Crippen molar-refractivity contribution in [2.24, 2.45) is 51.8 Å². The fourth-order valence-corrected chi connectivity index (χ4v) is 20.1. The van der Waals surface area contributed by atoms with Crippen molar-refractivity contribution in [3.63, 3.8) is 0 Å². The number of aromatic nitrogens is 3. The number of amides is 6. The quantitative estimate of drug-likeness (QED) is 0.0792. The summed E-state index contributed by atoms with van der Waals surface area (Å²) in [5.41, 5.74) is -1.43. The van der Waals surface area contributed by atoms with E-state index in [-0.39, 0.29) is 159 Å². The maximum Gasteiger partial charge on any atom is 0.408 e. The summed E-state index contributed by atoms with van der Waals surface area (Å²) < 4.78 is 149. The van der Waals surface area contributed by atoms with Gasteiger partial charge in [-0.2, -0.15) is 0 Å². The largest absolute Gasteiger partial charge is 0.540 e. The first-order chi connectivity index (χ1) is 62.1. The fraction of sp³-hybridized carbons (Fsp3) is 0.636. The van der Waals surface area contributed by atoms with Gasteiger partial charge in [-0.25, -0.2) is 74.5 Å². The number of alkyl carbamates (subject to hydrolysis) is 3. The van der Waals surface area contributed by atoms with Gasteiger partial charge in [0.05, 0.1) is 74.2 Å². The molecular weight excluding hydrogens is 1870 g/mol. The molecule has 18 atom stereocenters. The number of nitrogens with zero attached hydrogens (tertiary/aromatic N) is 6. The molecule has 6 aromatic rings. The van der Waals surface area contributed by atoms with Gasteiger partial charge < -0.3 is 87.7 Å². The zero-order valence-corrected chi connectivity index (χ0v) is 84.5. The first-order valence-electron chi connectivity index (χ1n) is 46.2. The van der Waals surface area contributed by atoms with Crippen LogP contribution in [0, 0.1) is 72.5 Å². The Hall–Kier alpha value is -8.75. The van der Waals surface area contributed by atoms with Crippen LogP contribution in [0.3, 0.4) is 0 Å². The van der Waals surface area contributed by atoms with E-state index in [1.165, 1.54) is 36.0 Å². The van der Waals surface area contributed by atoms with Crippen LogP contribution in [0.4, 0.5) is 40.7 Å². The Balaban J connectivity index is 0.000000207. The van der Waals surface area contributed by atoms with Crippen molar-refractivity contribution in [3.8, 4) is 34.9 Å². The third kappa shape index (κ3) is 23.5. The molecule has 3 radical (unpaired) electrons. The predicted octanol–water partition coefficient (Wildman–Crippen LogP) is 17.5. The molecule has 6 aliphatic heterocycles. The first-order valence-corrected chi connectivity index (χ1v) is 46.2. The van der Waals surface area contributed by atoms with Gasteiger partial charge >= 0.3 is 18.3 Å². The van der Waals surface area contributed by atoms with Crippen molar-refractivity contribution in [3.05, 3.63) is 88.0 Å². The van der Waals surface area contributed by atoms with Crippen molar-refractivity contribution in [2.75, 3.05) is 41.0 Å². The number of alkyl halides is 6. The maximum atomic E-state index is 16.3. The molecule has 15 rings (SSSR count). The van der Waals surface area contributed by atoms with Crippen LogP contribution in [0.25, 0.3) is 32.7 Å². The number of methoxy groups -OCH3 is 3. The molecule has 9 aliphatic rings. The smallest absolute Gasteiger partial charge is 0.408 e. The van der Waals surface area contributed by atoms with Gasteiger partial charge in [0.2, 0.25) is 35.4 Å². The SMILES string of the molecule is COc1ccc2c(C)c3c(nc2c1)O[C@H]1CN(C(=O)[C@H](C(C)(C)C)NC(=O)O[C@@H]2CCC[C@H]2CCCCC3(F)F)[C@H]([C-]=O)[C@@H]1C.COc1ccc2c(C)c3c(nc2c1)O[C@H]1CN(C(=O)[C@H](C(C)(C)C)NC(=O)O[C@@H]2C[C@H]2CCCCC3(F)F)[C@H]([C-]=O)[C@@H]1C.COc1ccc2c(C)c3c(nc2c1)O[C@H]1CN(C(=O)[C@H](C(C)(C)C)NC(=O)O[C@]2(C)C[C@H]2CCCCC3(F)F)[C@H]([C-]=O)[C@@H]1C.[V].[V].[V].